The van der Waals surface area contributed by atoms with Gasteiger partial charge in [-0.2, -0.15) is 5.26 Å². The summed E-state index contributed by atoms with van der Waals surface area (Å²) in [5, 5.41) is 8.94. The van der Waals surface area contributed by atoms with Crippen LogP contribution in [0.5, 0.6) is 11.5 Å². The van der Waals surface area contributed by atoms with Gasteiger partial charge < -0.3 is 13.9 Å². The summed E-state index contributed by atoms with van der Waals surface area (Å²) in [4.78, 5) is 0. The molecule has 0 aliphatic rings. The van der Waals surface area contributed by atoms with Crippen molar-refractivity contribution in [3.8, 4) is 17.6 Å². The van der Waals surface area contributed by atoms with Crippen molar-refractivity contribution < 1.29 is 13.9 Å². The van der Waals surface area contributed by atoms with Crippen LogP contribution in [0, 0.1) is 11.3 Å². The van der Waals surface area contributed by atoms with Crippen LogP contribution in [0.3, 0.4) is 0 Å². The van der Waals surface area contributed by atoms with Gasteiger partial charge in [-0.15, -0.1) is 0 Å². The first-order valence-corrected chi connectivity index (χ1v) is 5.07. The molecule has 0 radical (unpaired) electrons. The number of methoxy groups -OCH3 is 1. The SMILES string of the molecule is COc1ccc(C#N)c(OCc2ccco2)c1. The zero-order valence-electron chi connectivity index (χ0n) is 9.34. The summed E-state index contributed by atoms with van der Waals surface area (Å²) in [5.74, 6) is 1.85. The van der Waals surface area contributed by atoms with Crippen molar-refractivity contribution in [2.24, 2.45) is 0 Å². The molecular weight excluding hydrogens is 218 g/mol. The van der Waals surface area contributed by atoms with Gasteiger partial charge in [0.15, 0.2) is 0 Å². The van der Waals surface area contributed by atoms with E-state index in [0.29, 0.717) is 22.8 Å². The molecule has 2 aromatic rings. The van der Waals surface area contributed by atoms with Gasteiger partial charge in [-0.1, -0.05) is 0 Å². The van der Waals surface area contributed by atoms with E-state index in [1.165, 1.54) is 0 Å². The molecule has 0 unspecified atom stereocenters. The van der Waals surface area contributed by atoms with Crippen LogP contribution in [0.4, 0.5) is 0 Å². The highest BCUT2D eigenvalue weighted by Crippen LogP contribution is 2.25. The normalized spacial score (nSPS) is 9.65. The highest BCUT2D eigenvalue weighted by Gasteiger charge is 2.06. The molecule has 0 spiro atoms. The van der Waals surface area contributed by atoms with E-state index < -0.39 is 0 Å². The summed E-state index contributed by atoms with van der Waals surface area (Å²) >= 11 is 0. The van der Waals surface area contributed by atoms with E-state index in [-0.39, 0.29) is 6.61 Å². The number of furan rings is 1. The molecule has 2 rings (SSSR count). The average Bonchev–Trinajstić information content (AvgIpc) is 2.89. The Hall–Kier alpha value is -2.41. The van der Waals surface area contributed by atoms with Crippen LogP contribution in [-0.4, -0.2) is 7.11 Å². The second-order valence-corrected chi connectivity index (χ2v) is 3.34. The van der Waals surface area contributed by atoms with E-state index in [4.69, 9.17) is 19.2 Å². The molecule has 1 aromatic heterocycles. The van der Waals surface area contributed by atoms with Crippen LogP contribution in [0.15, 0.2) is 41.0 Å². The molecular formula is C13H11NO3. The van der Waals surface area contributed by atoms with Crippen LogP contribution in [-0.2, 0) is 6.61 Å². The quantitative estimate of drug-likeness (QED) is 0.808. The Bertz CT molecular complexity index is 526. The van der Waals surface area contributed by atoms with Crippen LogP contribution >= 0.6 is 0 Å². The number of hydrogen-bond acceptors (Lipinski definition) is 4. The monoisotopic (exact) mass is 229 g/mol. The fourth-order valence-corrected chi connectivity index (χ4v) is 1.39. The molecule has 86 valence electrons. The van der Waals surface area contributed by atoms with E-state index in [1.807, 2.05) is 6.07 Å². The van der Waals surface area contributed by atoms with Gasteiger partial charge in [0, 0.05) is 6.07 Å². The summed E-state index contributed by atoms with van der Waals surface area (Å²) in [5.41, 5.74) is 0.470. The van der Waals surface area contributed by atoms with Crippen LogP contribution in [0.25, 0.3) is 0 Å². The Balaban J connectivity index is 2.16. The fourth-order valence-electron chi connectivity index (χ4n) is 1.39. The van der Waals surface area contributed by atoms with Crippen molar-refractivity contribution in [2.75, 3.05) is 7.11 Å². The predicted molar refractivity (Wildman–Crippen MR) is 60.7 cm³/mol. The molecule has 0 fully saturated rings. The van der Waals surface area contributed by atoms with Crippen LogP contribution in [0.2, 0.25) is 0 Å². The van der Waals surface area contributed by atoms with E-state index in [0.717, 1.165) is 0 Å². The minimum Gasteiger partial charge on any atom is -0.497 e. The molecule has 0 N–H and O–H groups in total. The Morgan fingerprint density at radius 2 is 2.24 bits per heavy atom. The number of rotatable bonds is 4. The Morgan fingerprint density at radius 3 is 2.88 bits per heavy atom. The summed E-state index contributed by atoms with van der Waals surface area (Å²) in [7, 11) is 1.57. The number of nitrogens with zero attached hydrogens (tertiary/aromatic N) is 1. The summed E-state index contributed by atoms with van der Waals surface area (Å²) < 4.78 is 15.7. The third-order valence-electron chi connectivity index (χ3n) is 2.26. The van der Waals surface area contributed by atoms with Gasteiger partial charge in [0.1, 0.15) is 29.9 Å². The third-order valence-corrected chi connectivity index (χ3v) is 2.26. The van der Waals surface area contributed by atoms with Gasteiger partial charge in [-0.05, 0) is 24.3 Å². The largest absolute Gasteiger partial charge is 0.497 e. The van der Waals surface area contributed by atoms with Gasteiger partial charge >= 0.3 is 0 Å². The van der Waals surface area contributed by atoms with Crippen molar-refractivity contribution >= 4 is 0 Å². The second kappa shape index (κ2) is 5.08. The van der Waals surface area contributed by atoms with Gasteiger partial charge in [-0.3, -0.25) is 0 Å². The first kappa shape index (κ1) is 11.1. The van der Waals surface area contributed by atoms with E-state index in [1.54, 1.807) is 37.6 Å². The minimum absolute atomic E-state index is 0.287. The zero-order chi connectivity index (χ0) is 12.1. The van der Waals surface area contributed by atoms with Gasteiger partial charge in [0.2, 0.25) is 0 Å². The molecule has 4 heteroatoms. The summed E-state index contributed by atoms with van der Waals surface area (Å²) in [6.45, 7) is 0.287. The molecule has 0 aliphatic carbocycles. The molecule has 1 heterocycles. The maximum absolute atomic E-state index is 8.94. The van der Waals surface area contributed by atoms with E-state index in [2.05, 4.69) is 6.07 Å². The number of ether oxygens (including phenoxy) is 2. The zero-order valence-corrected chi connectivity index (χ0v) is 9.34. The van der Waals surface area contributed by atoms with Crippen molar-refractivity contribution in [2.45, 2.75) is 6.61 Å². The molecule has 0 saturated carbocycles. The lowest BCUT2D eigenvalue weighted by atomic mass is 10.2. The molecule has 0 saturated heterocycles. The van der Waals surface area contributed by atoms with Crippen molar-refractivity contribution in [3.63, 3.8) is 0 Å². The Morgan fingerprint density at radius 1 is 1.35 bits per heavy atom. The van der Waals surface area contributed by atoms with Crippen LogP contribution < -0.4 is 9.47 Å². The number of benzene rings is 1. The minimum atomic E-state index is 0.287. The lowest BCUT2D eigenvalue weighted by molar-refractivity contribution is 0.268. The van der Waals surface area contributed by atoms with E-state index >= 15 is 0 Å². The molecule has 0 atom stereocenters. The average molecular weight is 229 g/mol. The first-order chi connectivity index (χ1) is 8.33. The highest BCUT2D eigenvalue weighted by atomic mass is 16.5. The van der Waals surface area contributed by atoms with Crippen molar-refractivity contribution in [3.05, 3.63) is 47.9 Å². The molecule has 4 nitrogen and oxygen atoms in total. The number of hydrogen-bond donors (Lipinski definition) is 0. The Kier molecular flexibility index (Phi) is 3.31. The topological polar surface area (TPSA) is 55.4 Å². The third kappa shape index (κ3) is 2.58. The fraction of sp³-hybridized carbons (Fsp3) is 0.154. The lowest BCUT2D eigenvalue weighted by Gasteiger charge is -2.08. The highest BCUT2D eigenvalue weighted by molar-refractivity contribution is 5.47. The number of nitriles is 1. The van der Waals surface area contributed by atoms with Crippen LogP contribution in [0.1, 0.15) is 11.3 Å². The maximum Gasteiger partial charge on any atom is 0.146 e. The smallest absolute Gasteiger partial charge is 0.146 e. The maximum atomic E-state index is 8.94. The van der Waals surface area contributed by atoms with E-state index in [9.17, 15) is 0 Å². The molecule has 17 heavy (non-hydrogen) atoms. The van der Waals surface area contributed by atoms with Gasteiger partial charge in [0.25, 0.3) is 0 Å². The first-order valence-electron chi connectivity index (χ1n) is 5.07. The van der Waals surface area contributed by atoms with Crippen molar-refractivity contribution in [1.29, 1.82) is 5.26 Å². The molecule has 0 amide bonds. The standard InChI is InChI=1S/C13H11NO3/c1-15-11-5-4-10(8-14)13(7-11)17-9-12-3-2-6-16-12/h2-7H,9H2,1H3. The molecule has 0 bridgehead atoms. The predicted octanol–water partition coefficient (Wildman–Crippen LogP) is 2.74. The Labute approximate surface area is 99.0 Å². The molecule has 0 aliphatic heterocycles. The van der Waals surface area contributed by atoms with Gasteiger partial charge in [0.05, 0.1) is 18.9 Å². The molecule has 1 aromatic carbocycles. The summed E-state index contributed by atoms with van der Waals surface area (Å²) in [6.07, 6.45) is 1.58. The summed E-state index contributed by atoms with van der Waals surface area (Å²) in [6, 6.07) is 10.7. The van der Waals surface area contributed by atoms with Gasteiger partial charge in [-0.25, -0.2) is 0 Å². The second-order valence-electron chi connectivity index (χ2n) is 3.34. The lowest BCUT2D eigenvalue weighted by Crippen LogP contribution is -1.96. The van der Waals surface area contributed by atoms with Crippen molar-refractivity contribution in [1.82, 2.24) is 0 Å².